The highest BCUT2D eigenvalue weighted by atomic mass is 35.5. The summed E-state index contributed by atoms with van der Waals surface area (Å²) in [7, 11) is 0. The van der Waals surface area contributed by atoms with E-state index in [-0.39, 0.29) is 12.3 Å². The van der Waals surface area contributed by atoms with Crippen molar-refractivity contribution in [2.75, 3.05) is 13.2 Å². The second-order valence-electron chi connectivity index (χ2n) is 4.07. The quantitative estimate of drug-likeness (QED) is 0.450. The number of rotatable bonds is 8. The van der Waals surface area contributed by atoms with Crippen molar-refractivity contribution in [3.8, 4) is 5.75 Å². The molecule has 5 nitrogen and oxygen atoms in total. The Bertz CT molecular complexity index is 493. The first-order chi connectivity index (χ1) is 9.58. The van der Waals surface area contributed by atoms with Gasteiger partial charge in [-0.3, -0.25) is 10.1 Å². The van der Waals surface area contributed by atoms with Crippen LogP contribution in [-0.4, -0.2) is 18.1 Å². The molecule has 0 saturated carbocycles. The zero-order valence-electron chi connectivity index (χ0n) is 11.1. The third-order valence-corrected chi connectivity index (χ3v) is 3.07. The fourth-order valence-corrected chi connectivity index (χ4v) is 1.65. The van der Waals surface area contributed by atoms with E-state index >= 15 is 0 Å². The first kappa shape index (κ1) is 16.8. The average Bonchev–Trinajstić information content (AvgIpc) is 2.45. The van der Waals surface area contributed by atoms with Crippen molar-refractivity contribution >= 4 is 28.9 Å². The van der Waals surface area contributed by atoms with Crippen LogP contribution in [-0.2, 0) is 6.54 Å². The van der Waals surface area contributed by atoms with Crippen LogP contribution in [0.5, 0.6) is 5.75 Å². The number of hydrogen-bond acceptors (Lipinski definition) is 4. The molecule has 7 heteroatoms. The molecular formula is C13H16Cl2N2O3. The molecule has 110 valence electrons. The smallest absolute Gasteiger partial charge is 0.270 e. The summed E-state index contributed by atoms with van der Waals surface area (Å²) in [5, 5.41) is 14.3. The van der Waals surface area contributed by atoms with E-state index in [1.54, 1.807) is 6.07 Å². The van der Waals surface area contributed by atoms with Gasteiger partial charge in [-0.2, -0.15) is 0 Å². The maximum atomic E-state index is 10.8. The van der Waals surface area contributed by atoms with Crippen molar-refractivity contribution in [1.29, 1.82) is 0 Å². The Morgan fingerprint density at radius 3 is 2.90 bits per heavy atom. The van der Waals surface area contributed by atoms with Gasteiger partial charge in [0.25, 0.3) is 5.69 Å². The second-order valence-corrected chi connectivity index (χ2v) is 4.77. The standard InChI is InChI=1S/C13H16Cl2N2O3/c1-2-5-16-8-10-6-12(17(18)19)3-4-13(10)20-9-11(15)7-14/h3-4,6-7,16H,2,5,8-9H2,1H3. The van der Waals surface area contributed by atoms with E-state index in [1.807, 2.05) is 6.92 Å². The molecule has 0 unspecified atom stereocenters. The summed E-state index contributed by atoms with van der Waals surface area (Å²) in [5.74, 6) is 0.552. The fraction of sp³-hybridized carbons (Fsp3) is 0.385. The van der Waals surface area contributed by atoms with Gasteiger partial charge in [-0.15, -0.1) is 0 Å². The fourth-order valence-electron chi connectivity index (χ4n) is 1.54. The maximum absolute atomic E-state index is 10.8. The summed E-state index contributed by atoms with van der Waals surface area (Å²) < 4.78 is 5.51. The van der Waals surface area contributed by atoms with E-state index < -0.39 is 4.92 Å². The molecule has 20 heavy (non-hydrogen) atoms. The Morgan fingerprint density at radius 1 is 1.55 bits per heavy atom. The summed E-state index contributed by atoms with van der Waals surface area (Å²) in [6.07, 6.45) is 0.978. The molecule has 1 rings (SSSR count). The van der Waals surface area contributed by atoms with Gasteiger partial charge in [0.2, 0.25) is 0 Å². The molecule has 1 aromatic rings. The van der Waals surface area contributed by atoms with Gasteiger partial charge in [-0.1, -0.05) is 30.1 Å². The van der Waals surface area contributed by atoms with Crippen molar-refractivity contribution < 1.29 is 9.66 Å². The van der Waals surface area contributed by atoms with E-state index in [2.05, 4.69) is 5.32 Å². The largest absolute Gasteiger partial charge is 0.488 e. The van der Waals surface area contributed by atoms with Crippen LogP contribution in [0.15, 0.2) is 28.8 Å². The number of ether oxygens (including phenoxy) is 1. The number of hydrogen-bond donors (Lipinski definition) is 1. The highest BCUT2D eigenvalue weighted by Crippen LogP contribution is 2.25. The molecule has 0 aliphatic heterocycles. The normalized spacial score (nSPS) is 11.4. The minimum absolute atomic E-state index is 0.0321. The zero-order chi connectivity index (χ0) is 15.0. The minimum Gasteiger partial charge on any atom is -0.488 e. The Kier molecular flexibility index (Phi) is 7.36. The van der Waals surface area contributed by atoms with Crippen molar-refractivity contribution in [3.63, 3.8) is 0 Å². The lowest BCUT2D eigenvalue weighted by Gasteiger charge is -2.11. The highest BCUT2D eigenvalue weighted by Gasteiger charge is 2.12. The van der Waals surface area contributed by atoms with Gasteiger partial charge in [0, 0.05) is 29.8 Å². The van der Waals surface area contributed by atoms with Crippen LogP contribution in [0.2, 0.25) is 0 Å². The number of halogens is 2. The molecule has 1 N–H and O–H groups in total. The second kappa shape index (κ2) is 8.79. The molecule has 0 amide bonds. The van der Waals surface area contributed by atoms with Crippen LogP contribution >= 0.6 is 23.2 Å². The lowest BCUT2D eigenvalue weighted by Crippen LogP contribution is -2.15. The van der Waals surface area contributed by atoms with Crippen molar-refractivity contribution in [1.82, 2.24) is 5.32 Å². The summed E-state index contributed by atoms with van der Waals surface area (Å²) in [5.41, 5.74) is 1.97. The molecule has 1 aromatic carbocycles. The van der Waals surface area contributed by atoms with Gasteiger partial charge in [0.05, 0.1) is 9.96 Å². The first-order valence-electron chi connectivity index (χ1n) is 6.14. The van der Waals surface area contributed by atoms with Crippen molar-refractivity contribution in [2.24, 2.45) is 0 Å². The van der Waals surface area contributed by atoms with E-state index in [9.17, 15) is 10.1 Å². The van der Waals surface area contributed by atoms with Gasteiger partial charge in [-0.25, -0.2) is 0 Å². The number of non-ortho nitro benzene ring substituents is 1. The van der Waals surface area contributed by atoms with Crippen LogP contribution in [0.25, 0.3) is 0 Å². The first-order valence-corrected chi connectivity index (χ1v) is 6.95. The van der Waals surface area contributed by atoms with Crippen LogP contribution in [0.1, 0.15) is 18.9 Å². The predicted molar refractivity (Wildman–Crippen MR) is 80.4 cm³/mol. The molecule has 0 saturated heterocycles. The van der Waals surface area contributed by atoms with Gasteiger partial charge in [-0.05, 0) is 19.0 Å². The number of nitrogens with one attached hydrogen (secondary N) is 1. The summed E-state index contributed by atoms with van der Waals surface area (Å²) in [4.78, 5) is 10.4. The Morgan fingerprint density at radius 2 is 2.30 bits per heavy atom. The number of nitrogens with zero attached hydrogens (tertiary/aromatic N) is 1. The van der Waals surface area contributed by atoms with Gasteiger partial charge >= 0.3 is 0 Å². The topological polar surface area (TPSA) is 64.4 Å². The predicted octanol–water partition coefficient (Wildman–Crippen LogP) is 3.79. The summed E-state index contributed by atoms with van der Waals surface area (Å²) >= 11 is 11.2. The van der Waals surface area contributed by atoms with Gasteiger partial charge in [0.15, 0.2) is 0 Å². The van der Waals surface area contributed by atoms with E-state index in [0.29, 0.717) is 22.9 Å². The van der Waals surface area contributed by atoms with Crippen LogP contribution < -0.4 is 10.1 Å². The lowest BCUT2D eigenvalue weighted by molar-refractivity contribution is -0.384. The minimum atomic E-state index is -0.432. The Hall–Kier alpha value is -1.30. The number of benzene rings is 1. The van der Waals surface area contributed by atoms with E-state index in [0.717, 1.165) is 13.0 Å². The molecule has 0 aliphatic rings. The third-order valence-electron chi connectivity index (χ3n) is 2.48. The molecule has 0 fully saturated rings. The number of nitro groups is 1. The Labute approximate surface area is 127 Å². The monoisotopic (exact) mass is 318 g/mol. The Balaban J connectivity index is 2.87. The average molecular weight is 319 g/mol. The molecule has 0 radical (unpaired) electrons. The third kappa shape index (κ3) is 5.36. The van der Waals surface area contributed by atoms with E-state index in [4.69, 9.17) is 27.9 Å². The van der Waals surface area contributed by atoms with Crippen LogP contribution in [0, 0.1) is 10.1 Å². The zero-order valence-corrected chi connectivity index (χ0v) is 12.6. The molecule has 0 aromatic heterocycles. The molecule has 0 atom stereocenters. The van der Waals surface area contributed by atoms with Crippen molar-refractivity contribution in [3.05, 3.63) is 44.4 Å². The van der Waals surface area contributed by atoms with Gasteiger partial charge in [0.1, 0.15) is 12.4 Å². The number of nitro benzene ring substituents is 1. The van der Waals surface area contributed by atoms with Crippen LogP contribution in [0.4, 0.5) is 5.69 Å². The van der Waals surface area contributed by atoms with Crippen molar-refractivity contribution in [2.45, 2.75) is 19.9 Å². The molecule has 0 bridgehead atoms. The van der Waals surface area contributed by atoms with Gasteiger partial charge < -0.3 is 10.1 Å². The van der Waals surface area contributed by atoms with E-state index in [1.165, 1.54) is 17.7 Å². The molecule has 0 heterocycles. The lowest BCUT2D eigenvalue weighted by atomic mass is 10.1. The summed E-state index contributed by atoms with van der Waals surface area (Å²) in [6, 6.07) is 4.47. The highest BCUT2D eigenvalue weighted by molar-refractivity contribution is 6.36. The SMILES string of the molecule is CCCNCc1cc([N+](=O)[O-])ccc1OCC(Cl)=CCl. The molecule has 0 aliphatic carbocycles. The van der Waals surface area contributed by atoms with Crippen LogP contribution in [0.3, 0.4) is 0 Å². The molecular weight excluding hydrogens is 303 g/mol. The molecule has 0 spiro atoms. The summed E-state index contributed by atoms with van der Waals surface area (Å²) in [6.45, 7) is 3.49. The maximum Gasteiger partial charge on any atom is 0.270 e.